The zero-order valence-corrected chi connectivity index (χ0v) is 13.8. The molecule has 2 atom stereocenters. The molecule has 0 saturated carbocycles. The van der Waals surface area contributed by atoms with Crippen molar-refractivity contribution in [2.45, 2.75) is 67.2 Å². The van der Waals surface area contributed by atoms with E-state index in [0.717, 1.165) is 25.7 Å². The van der Waals surface area contributed by atoms with Gasteiger partial charge in [-0.15, -0.1) is 6.58 Å². The van der Waals surface area contributed by atoms with Crippen LogP contribution in [0.5, 0.6) is 0 Å². The highest BCUT2D eigenvalue weighted by molar-refractivity contribution is 5.79. The maximum absolute atomic E-state index is 7.80. The third-order valence-corrected chi connectivity index (χ3v) is 3.48. The van der Waals surface area contributed by atoms with Gasteiger partial charge in [0.25, 0.3) is 0 Å². The smallest absolute Gasteiger partial charge is 0.0937 e. The van der Waals surface area contributed by atoms with Crippen LogP contribution in [-0.2, 0) is 0 Å². The monoisotopic (exact) mass is 266 g/mol. The van der Waals surface area contributed by atoms with E-state index in [9.17, 15) is 0 Å². The van der Waals surface area contributed by atoms with E-state index in [-0.39, 0.29) is 5.92 Å². The highest BCUT2D eigenvalue weighted by Crippen LogP contribution is 2.32. The lowest BCUT2D eigenvalue weighted by atomic mass is 9.78. The second-order valence-electron chi connectivity index (χ2n) is 8.25. The molecule has 0 bridgehead atoms. The molecule has 0 aromatic heterocycles. The highest BCUT2D eigenvalue weighted by Gasteiger charge is 2.23. The van der Waals surface area contributed by atoms with Crippen LogP contribution >= 0.6 is 0 Å². The molecule has 2 unspecified atom stereocenters. The molecule has 0 aromatic carbocycles. The minimum Gasteiger partial charge on any atom is -0.387 e. The molecule has 0 fully saturated rings. The van der Waals surface area contributed by atoms with Crippen molar-refractivity contribution >= 4 is 5.84 Å². The summed E-state index contributed by atoms with van der Waals surface area (Å²) in [5.41, 5.74) is 6.38. The molecule has 19 heavy (non-hydrogen) atoms. The molecule has 0 aromatic rings. The molecule has 2 heteroatoms. The Morgan fingerprint density at radius 3 is 2.00 bits per heavy atom. The van der Waals surface area contributed by atoms with Gasteiger partial charge < -0.3 is 5.73 Å². The van der Waals surface area contributed by atoms with Gasteiger partial charge in [-0.05, 0) is 42.4 Å². The number of nitrogens with one attached hydrogen (secondary N) is 1. The van der Waals surface area contributed by atoms with Crippen LogP contribution in [0.25, 0.3) is 0 Å². The van der Waals surface area contributed by atoms with Gasteiger partial charge >= 0.3 is 0 Å². The number of hydrogen-bond donors (Lipinski definition) is 2. The number of hydrogen-bond acceptors (Lipinski definition) is 1. The van der Waals surface area contributed by atoms with Crippen LogP contribution in [0.1, 0.15) is 67.2 Å². The Morgan fingerprint density at radius 1 is 1.16 bits per heavy atom. The van der Waals surface area contributed by atoms with Crippen molar-refractivity contribution in [3.8, 4) is 0 Å². The normalized spacial score (nSPS) is 15.9. The van der Waals surface area contributed by atoms with Gasteiger partial charge in [-0.25, -0.2) is 0 Å². The van der Waals surface area contributed by atoms with E-state index in [4.69, 9.17) is 11.1 Å². The molecule has 0 amide bonds. The number of rotatable bonds is 7. The van der Waals surface area contributed by atoms with Gasteiger partial charge in [-0.3, -0.25) is 5.41 Å². The summed E-state index contributed by atoms with van der Waals surface area (Å²) < 4.78 is 0. The molecule has 0 aliphatic heterocycles. The van der Waals surface area contributed by atoms with E-state index in [1.54, 1.807) is 0 Å². The van der Waals surface area contributed by atoms with Gasteiger partial charge in [0.05, 0.1) is 5.84 Å². The van der Waals surface area contributed by atoms with Crippen LogP contribution in [0.3, 0.4) is 0 Å². The van der Waals surface area contributed by atoms with E-state index in [1.165, 1.54) is 0 Å². The van der Waals surface area contributed by atoms with E-state index in [0.29, 0.717) is 22.6 Å². The molecule has 112 valence electrons. The second-order valence-corrected chi connectivity index (χ2v) is 8.25. The summed E-state index contributed by atoms with van der Waals surface area (Å²) in [5.74, 6) is 0.989. The SMILES string of the molecule is C=CC(CC(CCC(C)(C)C)C(=N)N)CC(C)(C)C. The van der Waals surface area contributed by atoms with Crippen LogP contribution in [0, 0.1) is 28.1 Å². The Labute approximate surface area is 120 Å². The molecule has 0 aliphatic rings. The quantitative estimate of drug-likeness (QED) is 0.380. The maximum atomic E-state index is 7.80. The number of amidine groups is 1. The van der Waals surface area contributed by atoms with Crippen molar-refractivity contribution in [1.29, 1.82) is 5.41 Å². The highest BCUT2D eigenvalue weighted by atomic mass is 14.7. The first-order chi connectivity index (χ1) is 8.44. The Bertz CT molecular complexity index is 291. The summed E-state index contributed by atoms with van der Waals surface area (Å²) in [6, 6.07) is 0. The van der Waals surface area contributed by atoms with Crippen LogP contribution in [0.2, 0.25) is 0 Å². The Balaban J connectivity index is 4.55. The van der Waals surface area contributed by atoms with Gasteiger partial charge in [0.2, 0.25) is 0 Å². The molecular formula is C17H34N2. The van der Waals surface area contributed by atoms with Crippen molar-refractivity contribution in [1.82, 2.24) is 0 Å². The lowest BCUT2D eigenvalue weighted by Gasteiger charge is -2.28. The Kier molecular flexibility index (Phi) is 6.82. The molecule has 2 nitrogen and oxygen atoms in total. The lowest BCUT2D eigenvalue weighted by Crippen LogP contribution is -2.27. The Morgan fingerprint density at radius 2 is 1.68 bits per heavy atom. The predicted octanol–water partition coefficient (Wildman–Crippen LogP) is 4.99. The molecule has 0 radical (unpaired) electrons. The molecular weight excluding hydrogens is 232 g/mol. The fraction of sp³-hybridized carbons (Fsp3) is 0.824. The van der Waals surface area contributed by atoms with Crippen LogP contribution in [0.4, 0.5) is 0 Å². The number of allylic oxidation sites excluding steroid dienone is 1. The minimum atomic E-state index is 0.199. The van der Waals surface area contributed by atoms with Gasteiger partial charge in [-0.1, -0.05) is 47.6 Å². The summed E-state index contributed by atoms with van der Waals surface area (Å²) in [7, 11) is 0. The molecule has 0 heterocycles. The summed E-state index contributed by atoms with van der Waals surface area (Å²) in [6.07, 6.45) is 6.23. The van der Waals surface area contributed by atoms with Crippen molar-refractivity contribution in [2.75, 3.05) is 0 Å². The standard InChI is InChI=1S/C17H34N2/c1-8-13(12-17(5,6)7)11-14(15(18)19)9-10-16(2,3)4/h8,13-14H,1,9-12H2,2-7H3,(H3,18,19). The Hall–Kier alpha value is -0.790. The first-order valence-electron chi connectivity index (χ1n) is 7.41. The van der Waals surface area contributed by atoms with E-state index >= 15 is 0 Å². The van der Waals surface area contributed by atoms with Gasteiger partial charge in [-0.2, -0.15) is 0 Å². The van der Waals surface area contributed by atoms with E-state index in [1.807, 2.05) is 6.08 Å². The average molecular weight is 266 g/mol. The van der Waals surface area contributed by atoms with Crippen molar-refractivity contribution in [3.63, 3.8) is 0 Å². The maximum Gasteiger partial charge on any atom is 0.0937 e. The second kappa shape index (κ2) is 7.12. The van der Waals surface area contributed by atoms with Crippen LogP contribution < -0.4 is 5.73 Å². The molecule has 3 N–H and O–H groups in total. The third-order valence-electron chi connectivity index (χ3n) is 3.48. The summed E-state index contributed by atoms with van der Waals surface area (Å²) in [4.78, 5) is 0. The first-order valence-corrected chi connectivity index (χ1v) is 7.41. The molecule has 0 rings (SSSR count). The van der Waals surface area contributed by atoms with Crippen molar-refractivity contribution in [3.05, 3.63) is 12.7 Å². The zero-order valence-electron chi connectivity index (χ0n) is 13.8. The lowest BCUT2D eigenvalue weighted by molar-refractivity contribution is 0.285. The van der Waals surface area contributed by atoms with Gasteiger partial charge in [0, 0.05) is 5.92 Å². The molecule has 0 aliphatic carbocycles. The third kappa shape index (κ3) is 9.75. The molecule has 0 spiro atoms. The fourth-order valence-corrected chi connectivity index (χ4v) is 2.42. The summed E-state index contributed by atoms with van der Waals surface area (Å²) >= 11 is 0. The zero-order chi connectivity index (χ0) is 15.3. The fourth-order valence-electron chi connectivity index (χ4n) is 2.42. The van der Waals surface area contributed by atoms with Crippen LogP contribution in [-0.4, -0.2) is 5.84 Å². The first kappa shape index (κ1) is 18.2. The van der Waals surface area contributed by atoms with Gasteiger partial charge in [0.15, 0.2) is 0 Å². The predicted molar refractivity (Wildman–Crippen MR) is 86.5 cm³/mol. The average Bonchev–Trinajstić information content (AvgIpc) is 2.18. The summed E-state index contributed by atoms with van der Waals surface area (Å²) in [5, 5.41) is 7.80. The topological polar surface area (TPSA) is 49.9 Å². The van der Waals surface area contributed by atoms with Crippen molar-refractivity contribution in [2.24, 2.45) is 28.4 Å². The minimum absolute atomic E-state index is 0.199. The van der Waals surface area contributed by atoms with Crippen LogP contribution in [0.15, 0.2) is 12.7 Å². The van der Waals surface area contributed by atoms with E-state index in [2.05, 4.69) is 48.1 Å². The molecule has 0 saturated heterocycles. The van der Waals surface area contributed by atoms with Gasteiger partial charge in [0.1, 0.15) is 0 Å². The number of nitrogens with two attached hydrogens (primary N) is 1. The van der Waals surface area contributed by atoms with Crippen molar-refractivity contribution < 1.29 is 0 Å². The largest absolute Gasteiger partial charge is 0.387 e. The summed E-state index contributed by atoms with van der Waals surface area (Å²) in [6.45, 7) is 17.4. The van der Waals surface area contributed by atoms with E-state index < -0.39 is 0 Å².